The van der Waals surface area contributed by atoms with E-state index in [-0.39, 0.29) is 18.0 Å². The third kappa shape index (κ3) is 5.51. The molecule has 1 amide bonds. The Morgan fingerprint density at radius 3 is 2.50 bits per heavy atom. The number of nitrogens with one attached hydrogen (secondary N) is 1. The van der Waals surface area contributed by atoms with Crippen LogP contribution in [0.25, 0.3) is 11.3 Å². The first kappa shape index (κ1) is 25.6. The third-order valence-electron chi connectivity index (χ3n) is 5.61. The zero-order valence-corrected chi connectivity index (χ0v) is 19.8. The lowest BCUT2D eigenvalue weighted by Crippen LogP contribution is -2.45. The molecule has 4 rings (SSSR count). The molecule has 2 aromatic heterocycles. The van der Waals surface area contributed by atoms with Crippen LogP contribution in [0.2, 0.25) is 0 Å². The van der Waals surface area contributed by atoms with E-state index < -0.39 is 39.7 Å². The summed E-state index contributed by atoms with van der Waals surface area (Å²) in [5.41, 5.74) is 0.0284. The number of carbonyl (C=O) groups is 1. The molecule has 0 aliphatic carbocycles. The molecule has 0 saturated carbocycles. The summed E-state index contributed by atoms with van der Waals surface area (Å²) >= 11 is 0. The quantitative estimate of drug-likeness (QED) is 0.496. The van der Waals surface area contributed by atoms with Gasteiger partial charge in [-0.15, -0.1) is 0 Å². The van der Waals surface area contributed by atoms with Crippen molar-refractivity contribution in [3.63, 3.8) is 0 Å². The van der Waals surface area contributed by atoms with E-state index in [1.807, 2.05) is 0 Å². The molecule has 1 aromatic carbocycles. The number of nitrogens with zero attached hydrogens (tertiary/aromatic N) is 4. The van der Waals surface area contributed by atoms with Crippen LogP contribution in [0.1, 0.15) is 30.1 Å². The fourth-order valence-corrected chi connectivity index (χ4v) is 5.56. The smallest absolute Gasteiger partial charge is 0.349 e. The summed E-state index contributed by atoms with van der Waals surface area (Å²) in [6.07, 6.45) is -2.70. The average Bonchev–Trinajstić information content (AvgIpc) is 3.33. The summed E-state index contributed by atoms with van der Waals surface area (Å²) in [6.45, 7) is 1.69. The van der Waals surface area contributed by atoms with Gasteiger partial charge in [-0.2, -0.15) is 17.5 Å². The summed E-state index contributed by atoms with van der Waals surface area (Å²) < 4.78 is 78.7. The Kier molecular flexibility index (Phi) is 7.05. The maximum absolute atomic E-state index is 13.2. The van der Waals surface area contributed by atoms with Gasteiger partial charge in [0.25, 0.3) is 0 Å². The van der Waals surface area contributed by atoms with Gasteiger partial charge in [0.05, 0.1) is 22.8 Å². The van der Waals surface area contributed by atoms with Crippen molar-refractivity contribution >= 4 is 15.9 Å². The zero-order chi connectivity index (χ0) is 26.1. The lowest BCUT2D eigenvalue weighted by Gasteiger charge is -2.23. The summed E-state index contributed by atoms with van der Waals surface area (Å²) in [6, 6.07) is 7.05. The van der Waals surface area contributed by atoms with Crippen molar-refractivity contribution in [3.8, 4) is 11.3 Å². The van der Waals surface area contributed by atoms with Crippen molar-refractivity contribution in [3.05, 3.63) is 71.7 Å². The maximum atomic E-state index is 13.2. The Bertz CT molecular complexity index is 1360. The molecule has 1 aliphatic rings. The minimum absolute atomic E-state index is 0.0514. The van der Waals surface area contributed by atoms with Crippen LogP contribution in [0.5, 0.6) is 0 Å². The first-order valence-corrected chi connectivity index (χ1v) is 12.3. The van der Waals surface area contributed by atoms with Crippen LogP contribution in [0.4, 0.5) is 17.6 Å². The topological polar surface area (TPSA) is 105 Å². The van der Waals surface area contributed by atoms with E-state index in [0.29, 0.717) is 35.6 Å². The summed E-state index contributed by atoms with van der Waals surface area (Å²) in [5.74, 6) is -0.763. The number of alkyl halides is 3. The zero-order valence-electron chi connectivity index (χ0n) is 19.0. The molecule has 36 heavy (non-hydrogen) atoms. The number of pyridine rings is 1. The lowest BCUT2D eigenvalue weighted by molar-refractivity contribution is -0.141. The first-order valence-electron chi connectivity index (χ1n) is 10.9. The van der Waals surface area contributed by atoms with E-state index >= 15 is 0 Å². The van der Waals surface area contributed by atoms with Gasteiger partial charge in [-0.1, -0.05) is 0 Å². The first-order chi connectivity index (χ1) is 16.9. The standard InChI is InChI=1S/C23H21F4N5O3S/c1-14-30-17(11-19(31-14)15-4-9-21(28-12-15)23(25,26)27)13-29-22(33)20-3-2-10-32(20)36(34,35)18-7-5-16(24)6-8-18/h4-9,11-12,20H,2-3,10,13H2,1H3,(H,29,33)/t20-/m0/s1. The fourth-order valence-electron chi connectivity index (χ4n) is 3.91. The average molecular weight is 524 g/mol. The Morgan fingerprint density at radius 2 is 1.86 bits per heavy atom. The molecule has 3 heterocycles. The molecule has 1 atom stereocenters. The number of rotatable bonds is 6. The van der Waals surface area contributed by atoms with E-state index in [9.17, 15) is 30.8 Å². The van der Waals surface area contributed by atoms with Gasteiger partial charge in [0.2, 0.25) is 15.9 Å². The highest BCUT2D eigenvalue weighted by atomic mass is 32.2. The number of hydrogen-bond acceptors (Lipinski definition) is 6. The van der Waals surface area contributed by atoms with Gasteiger partial charge in [0.15, 0.2) is 0 Å². The Morgan fingerprint density at radius 1 is 1.14 bits per heavy atom. The molecular formula is C23H21F4N5O3S. The van der Waals surface area contributed by atoms with Crippen LogP contribution >= 0.6 is 0 Å². The second-order valence-electron chi connectivity index (χ2n) is 8.17. The van der Waals surface area contributed by atoms with Crippen LogP contribution in [0.15, 0.2) is 53.6 Å². The Labute approximate surface area is 204 Å². The van der Waals surface area contributed by atoms with Crippen molar-refractivity contribution in [1.82, 2.24) is 24.6 Å². The van der Waals surface area contributed by atoms with E-state index in [1.54, 1.807) is 6.92 Å². The van der Waals surface area contributed by atoms with Gasteiger partial charge >= 0.3 is 6.18 Å². The molecule has 1 saturated heterocycles. The van der Waals surface area contributed by atoms with Crippen molar-refractivity contribution < 1.29 is 30.8 Å². The second-order valence-corrected chi connectivity index (χ2v) is 10.1. The molecule has 1 aliphatic heterocycles. The van der Waals surface area contributed by atoms with Crippen LogP contribution < -0.4 is 5.32 Å². The molecule has 190 valence electrons. The van der Waals surface area contributed by atoms with Gasteiger partial charge in [0.1, 0.15) is 23.4 Å². The van der Waals surface area contributed by atoms with Gasteiger partial charge in [-0.3, -0.25) is 9.78 Å². The molecule has 0 spiro atoms. The molecule has 1 fully saturated rings. The Balaban J connectivity index is 1.48. The molecule has 3 aromatic rings. The molecule has 1 N–H and O–H groups in total. The van der Waals surface area contributed by atoms with Crippen molar-refractivity contribution in [1.29, 1.82) is 0 Å². The summed E-state index contributed by atoms with van der Waals surface area (Å²) in [5, 5.41) is 2.68. The van der Waals surface area contributed by atoms with Crippen LogP contribution in [0.3, 0.4) is 0 Å². The highest BCUT2D eigenvalue weighted by molar-refractivity contribution is 7.89. The summed E-state index contributed by atoms with van der Waals surface area (Å²) in [4.78, 5) is 24.7. The molecule has 0 radical (unpaired) electrons. The third-order valence-corrected chi connectivity index (χ3v) is 7.53. The highest BCUT2D eigenvalue weighted by Gasteiger charge is 2.39. The normalized spacial score (nSPS) is 16.8. The number of amides is 1. The molecule has 13 heteroatoms. The second kappa shape index (κ2) is 9.90. The lowest BCUT2D eigenvalue weighted by atomic mass is 10.1. The minimum Gasteiger partial charge on any atom is -0.349 e. The number of halogens is 4. The van der Waals surface area contributed by atoms with E-state index in [2.05, 4.69) is 20.3 Å². The van der Waals surface area contributed by atoms with Gasteiger partial charge in [0, 0.05) is 18.3 Å². The van der Waals surface area contributed by atoms with Crippen LogP contribution in [-0.2, 0) is 27.5 Å². The number of benzene rings is 1. The fraction of sp³-hybridized carbons (Fsp3) is 0.304. The number of carbonyl (C=O) groups excluding carboxylic acids is 1. The van der Waals surface area contributed by atoms with Crippen molar-refractivity contribution in [2.45, 2.75) is 43.4 Å². The molecule has 8 nitrogen and oxygen atoms in total. The minimum atomic E-state index is -4.56. The number of aromatic nitrogens is 3. The predicted octanol–water partition coefficient (Wildman–Crippen LogP) is 3.47. The number of hydrogen-bond donors (Lipinski definition) is 1. The Hall–Kier alpha value is -3.45. The van der Waals surface area contributed by atoms with Crippen molar-refractivity contribution in [2.75, 3.05) is 6.54 Å². The van der Waals surface area contributed by atoms with Crippen LogP contribution in [0, 0.1) is 12.7 Å². The summed E-state index contributed by atoms with van der Waals surface area (Å²) in [7, 11) is -4.00. The van der Waals surface area contributed by atoms with E-state index in [4.69, 9.17) is 0 Å². The molecule has 0 unspecified atom stereocenters. The van der Waals surface area contributed by atoms with Gasteiger partial charge in [-0.25, -0.2) is 22.8 Å². The van der Waals surface area contributed by atoms with Crippen molar-refractivity contribution in [2.24, 2.45) is 0 Å². The predicted molar refractivity (Wildman–Crippen MR) is 120 cm³/mol. The SMILES string of the molecule is Cc1nc(CNC(=O)[C@@H]2CCCN2S(=O)(=O)c2ccc(F)cc2)cc(-c2ccc(C(F)(F)F)nc2)n1. The monoisotopic (exact) mass is 523 g/mol. The largest absolute Gasteiger partial charge is 0.433 e. The van der Waals surface area contributed by atoms with Gasteiger partial charge < -0.3 is 5.32 Å². The molecular weight excluding hydrogens is 502 g/mol. The molecule has 0 bridgehead atoms. The highest BCUT2D eigenvalue weighted by Crippen LogP contribution is 2.29. The van der Waals surface area contributed by atoms with E-state index in [0.717, 1.165) is 40.8 Å². The van der Waals surface area contributed by atoms with Gasteiger partial charge in [-0.05, 0) is 62.2 Å². The number of aryl methyl sites for hydroxylation is 1. The van der Waals surface area contributed by atoms with E-state index in [1.165, 1.54) is 12.1 Å². The van der Waals surface area contributed by atoms with Crippen LogP contribution in [-0.4, -0.2) is 46.2 Å². The maximum Gasteiger partial charge on any atom is 0.433 e. The number of sulfonamides is 1.